The highest BCUT2D eigenvalue weighted by molar-refractivity contribution is 6.35. The minimum atomic E-state index is -4.48. The number of urea groups is 2. The van der Waals surface area contributed by atoms with Crippen molar-refractivity contribution < 1.29 is 32.3 Å². The fourth-order valence-corrected chi connectivity index (χ4v) is 6.26. The predicted molar refractivity (Wildman–Crippen MR) is 148 cm³/mol. The number of carbonyl (C=O) groups excluding carboxylic acids is 4. The molecule has 4 heterocycles. The minimum Gasteiger partial charge on any atom is -0.332 e. The number of fused-ring (bicyclic) bond motifs is 3. The maximum atomic E-state index is 13.9. The van der Waals surface area contributed by atoms with Crippen LogP contribution in [-0.2, 0) is 35.3 Å². The number of benzene rings is 2. The molecule has 6 rings (SSSR count). The van der Waals surface area contributed by atoms with Crippen molar-refractivity contribution in [1.82, 2.24) is 35.5 Å². The summed E-state index contributed by atoms with van der Waals surface area (Å²) in [5, 5.41) is 13.2. The van der Waals surface area contributed by atoms with Gasteiger partial charge in [0.1, 0.15) is 12.6 Å². The van der Waals surface area contributed by atoms with Crippen LogP contribution in [0.5, 0.6) is 0 Å². The van der Waals surface area contributed by atoms with E-state index in [1.165, 1.54) is 21.9 Å². The summed E-state index contributed by atoms with van der Waals surface area (Å²) in [6, 6.07) is 4.32. The van der Waals surface area contributed by atoms with Crippen LogP contribution in [0.25, 0.3) is 10.9 Å². The molecule has 0 saturated carbocycles. The van der Waals surface area contributed by atoms with Crippen molar-refractivity contribution in [1.29, 1.82) is 0 Å². The summed E-state index contributed by atoms with van der Waals surface area (Å²) in [7, 11) is 0. The number of piperidine rings is 1. The fraction of sp³-hybridized carbons (Fsp3) is 0.393. The van der Waals surface area contributed by atoms with E-state index >= 15 is 0 Å². The first-order valence-electron chi connectivity index (χ1n) is 13.7. The Labute approximate surface area is 248 Å². The molecule has 3 N–H and O–H groups in total. The predicted octanol–water partition coefficient (Wildman–Crippen LogP) is 3.41. The van der Waals surface area contributed by atoms with Gasteiger partial charge in [-0.15, -0.1) is 0 Å². The highest BCUT2D eigenvalue weighted by Crippen LogP contribution is 2.33. The monoisotopic (exact) mass is 617 g/mol. The molecule has 15 heteroatoms. The number of aromatic nitrogens is 2. The van der Waals surface area contributed by atoms with Crippen molar-refractivity contribution >= 4 is 46.4 Å². The number of amides is 6. The molecule has 0 spiro atoms. The van der Waals surface area contributed by atoms with Gasteiger partial charge in [-0.25, -0.2) is 9.59 Å². The van der Waals surface area contributed by atoms with Crippen LogP contribution in [0, 0.1) is 0 Å². The lowest BCUT2D eigenvalue weighted by Crippen LogP contribution is -2.55. The van der Waals surface area contributed by atoms with Crippen molar-refractivity contribution in [3.63, 3.8) is 0 Å². The summed E-state index contributed by atoms with van der Waals surface area (Å²) in [6.45, 7) is 0.794. The topological polar surface area (TPSA) is 131 Å². The smallest absolute Gasteiger partial charge is 0.332 e. The second-order valence-electron chi connectivity index (χ2n) is 10.9. The van der Waals surface area contributed by atoms with Gasteiger partial charge in [-0.05, 0) is 47.7 Å². The van der Waals surface area contributed by atoms with E-state index in [0.717, 1.165) is 23.3 Å². The second kappa shape index (κ2) is 11.1. The third-order valence-electron chi connectivity index (χ3n) is 8.24. The Hall–Kier alpha value is -4.33. The number of H-pyrrole nitrogens is 1. The molecule has 2 saturated heterocycles. The SMILES string of the molecule is O=C1CN(C2CCN(C(=O)NC3Cc4cc(Cl)c5[nH]ncc5c4CN(Cc4ccc(C(F)(F)F)cc4)C3=O)CC2)C(=O)N1. The van der Waals surface area contributed by atoms with E-state index in [1.807, 2.05) is 0 Å². The zero-order chi connectivity index (χ0) is 30.5. The number of alkyl halides is 3. The van der Waals surface area contributed by atoms with E-state index < -0.39 is 29.8 Å². The van der Waals surface area contributed by atoms with Crippen molar-refractivity contribution in [2.24, 2.45) is 0 Å². The lowest BCUT2D eigenvalue weighted by molar-refractivity contribution is -0.137. The van der Waals surface area contributed by atoms with Gasteiger partial charge in [0.25, 0.3) is 0 Å². The molecule has 2 fully saturated rings. The average Bonchev–Trinajstić information content (AvgIpc) is 3.57. The summed E-state index contributed by atoms with van der Waals surface area (Å²) < 4.78 is 39.3. The van der Waals surface area contributed by atoms with E-state index in [-0.39, 0.29) is 43.9 Å². The van der Waals surface area contributed by atoms with Gasteiger partial charge < -0.3 is 20.0 Å². The first kappa shape index (κ1) is 28.8. The zero-order valence-corrected chi connectivity index (χ0v) is 23.5. The molecular weight excluding hydrogens is 591 g/mol. The molecule has 3 aromatic rings. The standard InChI is InChI=1S/C28H27ClF3N7O4/c29-21-9-16-10-22(34-26(42)37-7-5-18(6-8-37)39-14-23(40)35-27(39)43)25(41)38(13-20(16)19-11-33-36-24(19)21)12-15-1-3-17(4-2-15)28(30,31)32/h1-4,9,11,18,22H,5-8,10,12-14H2,(H,33,36)(H,34,42)(H,35,40,43). The molecule has 1 atom stereocenters. The summed E-state index contributed by atoms with van der Waals surface area (Å²) in [5.41, 5.74) is 1.84. The van der Waals surface area contributed by atoms with E-state index in [1.54, 1.807) is 17.2 Å². The molecule has 3 aliphatic heterocycles. The number of rotatable bonds is 4. The normalized spacial score (nSPS) is 20.0. The number of aromatic amines is 1. The molecule has 43 heavy (non-hydrogen) atoms. The molecular formula is C28H27ClF3N7O4. The molecule has 0 aliphatic carbocycles. The van der Waals surface area contributed by atoms with Crippen molar-refractivity contribution in [3.05, 3.63) is 63.8 Å². The number of hydrogen-bond donors (Lipinski definition) is 3. The number of imide groups is 1. The number of carbonyl (C=O) groups is 4. The third-order valence-corrected chi connectivity index (χ3v) is 8.54. The molecule has 226 valence electrons. The zero-order valence-electron chi connectivity index (χ0n) is 22.7. The van der Waals surface area contributed by atoms with Gasteiger partial charge in [0.05, 0.1) is 22.3 Å². The summed E-state index contributed by atoms with van der Waals surface area (Å²) in [6.07, 6.45) is -1.77. The molecule has 3 aliphatic rings. The largest absolute Gasteiger partial charge is 0.416 e. The van der Waals surface area contributed by atoms with Crippen LogP contribution in [0.2, 0.25) is 5.02 Å². The number of nitrogens with one attached hydrogen (secondary N) is 3. The Kier molecular flexibility index (Phi) is 7.40. The van der Waals surface area contributed by atoms with Gasteiger partial charge in [0.15, 0.2) is 0 Å². The lowest BCUT2D eigenvalue weighted by atomic mass is 9.98. The minimum absolute atomic E-state index is 0.00701. The van der Waals surface area contributed by atoms with Gasteiger partial charge in [-0.3, -0.25) is 20.0 Å². The Bertz CT molecular complexity index is 1600. The Balaban J connectivity index is 1.22. The third kappa shape index (κ3) is 5.70. The summed E-state index contributed by atoms with van der Waals surface area (Å²) >= 11 is 6.49. The van der Waals surface area contributed by atoms with Crippen LogP contribution in [0.15, 0.2) is 36.5 Å². The van der Waals surface area contributed by atoms with Gasteiger partial charge >= 0.3 is 18.2 Å². The first-order chi connectivity index (χ1) is 20.5. The Morgan fingerprint density at radius 1 is 1.09 bits per heavy atom. The van der Waals surface area contributed by atoms with Crippen LogP contribution in [-0.4, -0.2) is 80.5 Å². The Morgan fingerprint density at radius 2 is 1.81 bits per heavy atom. The molecule has 1 aromatic heterocycles. The summed E-state index contributed by atoms with van der Waals surface area (Å²) in [4.78, 5) is 55.4. The maximum absolute atomic E-state index is 13.9. The molecule has 0 radical (unpaired) electrons. The van der Waals surface area contributed by atoms with Crippen LogP contribution in [0.3, 0.4) is 0 Å². The number of halogens is 4. The van der Waals surface area contributed by atoms with Gasteiger partial charge in [0.2, 0.25) is 11.8 Å². The summed E-state index contributed by atoms with van der Waals surface area (Å²) in [5.74, 6) is -0.745. The number of likely N-dealkylation sites (tertiary alicyclic amines) is 1. The molecule has 6 amide bonds. The molecule has 11 nitrogen and oxygen atoms in total. The molecule has 0 bridgehead atoms. The lowest BCUT2D eigenvalue weighted by Gasteiger charge is -2.36. The van der Waals surface area contributed by atoms with Crippen molar-refractivity contribution in [2.45, 2.75) is 50.6 Å². The van der Waals surface area contributed by atoms with Gasteiger partial charge in [-0.2, -0.15) is 18.3 Å². The first-order valence-corrected chi connectivity index (χ1v) is 14.1. The van der Waals surface area contributed by atoms with Crippen LogP contribution >= 0.6 is 11.6 Å². The van der Waals surface area contributed by atoms with E-state index in [9.17, 15) is 32.3 Å². The maximum Gasteiger partial charge on any atom is 0.416 e. The van der Waals surface area contributed by atoms with Gasteiger partial charge in [-0.1, -0.05) is 23.7 Å². The Morgan fingerprint density at radius 3 is 2.47 bits per heavy atom. The molecule has 1 unspecified atom stereocenters. The highest BCUT2D eigenvalue weighted by atomic mass is 35.5. The van der Waals surface area contributed by atoms with E-state index in [2.05, 4.69) is 20.8 Å². The van der Waals surface area contributed by atoms with Crippen molar-refractivity contribution in [2.75, 3.05) is 19.6 Å². The van der Waals surface area contributed by atoms with Crippen LogP contribution in [0.1, 0.15) is 35.1 Å². The van der Waals surface area contributed by atoms with Crippen molar-refractivity contribution in [3.8, 4) is 0 Å². The quantitative estimate of drug-likeness (QED) is 0.386. The number of nitrogens with zero attached hydrogens (tertiary/aromatic N) is 4. The highest BCUT2D eigenvalue weighted by Gasteiger charge is 2.37. The van der Waals surface area contributed by atoms with Crippen LogP contribution < -0.4 is 10.6 Å². The van der Waals surface area contributed by atoms with Crippen LogP contribution in [0.4, 0.5) is 22.8 Å². The number of hydrogen-bond acceptors (Lipinski definition) is 5. The van der Waals surface area contributed by atoms with Gasteiger partial charge in [0, 0.05) is 44.0 Å². The molecule has 2 aromatic carbocycles. The average molecular weight is 618 g/mol. The van der Waals surface area contributed by atoms with E-state index in [0.29, 0.717) is 47.4 Å². The second-order valence-corrected chi connectivity index (χ2v) is 11.4. The van der Waals surface area contributed by atoms with E-state index in [4.69, 9.17) is 11.6 Å². The fourth-order valence-electron chi connectivity index (χ4n) is 5.99.